The molecule has 0 aliphatic rings. The van der Waals surface area contributed by atoms with E-state index in [2.05, 4.69) is 4.98 Å². The van der Waals surface area contributed by atoms with Crippen LogP contribution in [-0.2, 0) is 13.1 Å². The van der Waals surface area contributed by atoms with Crippen LogP contribution < -0.4 is 21.9 Å². The average Bonchev–Trinajstić information content (AvgIpc) is 2.67. The summed E-state index contributed by atoms with van der Waals surface area (Å²) >= 11 is 0. The minimum absolute atomic E-state index is 0.00181. The number of halogens is 1. The molecule has 0 saturated heterocycles. The molecule has 0 amide bonds. The predicted octanol–water partition coefficient (Wildman–Crippen LogP) is 1.81. The molecule has 0 unspecified atom stereocenters. The van der Waals surface area contributed by atoms with Gasteiger partial charge in [-0.3, -0.25) is 14.3 Å². The SMILES string of the molecule is CN(Cc1cc(C#N)ccc1F)c1c(N)n(Cc2ccccc2)c(=O)[nH]c1=O. The van der Waals surface area contributed by atoms with Gasteiger partial charge in [0.2, 0.25) is 0 Å². The van der Waals surface area contributed by atoms with E-state index < -0.39 is 17.1 Å². The molecule has 0 aliphatic carbocycles. The minimum Gasteiger partial charge on any atom is -0.383 e. The van der Waals surface area contributed by atoms with Crippen molar-refractivity contribution in [1.29, 1.82) is 5.26 Å². The van der Waals surface area contributed by atoms with E-state index in [0.717, 1.165) is 5.56 Å². The second-order valence-corrected chi connectivity index (χ2v) is 6.34. The van der Waals surface area contributed by atoms with Crippen LogP contribution in [0.2, 0.25) is 0 Å². The number of nitrogens with zero attached hydrogens (tertiary/aromatic N) is 3. The number of hydrogen-bond donors (Lipinski definition) is 2. The van der Waals surface area contributed by atoms with Gasteiger partial charge < -0.3 is 10.6 Å². The van der Waals surface area contributed by atoms with Crippen LogP contribution in [0.4, 0.5) is 15.9 Å². The molecular weight excluding hydrogens is 361 g/mol. The molecule has 0 radical (unpaired) electrons. The number of nitriles is 1. The fourth-order valence-corrected chi connectivity index (χ4v) is 2.97. The molecule has 8 heteroatoms. The third kappa shape index (κ3) is 3.78. The van der Waals surface area contributed by atoms with Crippen LogP contribution >= 0.6 is 0 Å². The second-order valence-electron chi connectivity index (χ2n) is 6.34. The van der Waals surface area contributed by atoms with Crippen molar-refractivity contribution in [1.82, 2.24) is 9.55 Å². The van der Waals surface area contributed by atoms with Gasteiger partial charge in [0.05, 0.1) is 18.2 Å². The molecule has 0 spiro atoms. The van der Waals surface area contributed by atoms with Crippen molar-refractivity contribution >= 4 is 11.5 Å². The molecule has 3 rings (SSSR count). The van der Waals surface area contributed by atoms with E-state index in [4.69, 9.17) is 11.0 Å². The maximum atomic E-state index is 14.1. The van der Waals surface area contributed by atoms with E-state index in [1.165, 1.54) is 27.7 Å². The first-order valence-corrected chi connectivity index (χ1v) is 8.47. The zero-order chi connectivity index (χ0) is 20.3. The Kier molecular flexibility index (Phi) is 5.27. The molecule has 3 N–H and O–H groups in total. The molecule has 3 aromatic rings. The van der Waals surface area contributed by atoms with E-state index in [1.54, 1.807) is 7.05 Å². The molecule has 1 heterocycles. The predicted molar refractivity (Wildman–Crippen MR) is 105 cm³/mol. The largest absolute Gasteiger partial charge is 0.383 e. The van der Waals surface area contributed by atoms with Crippen LogP contribution in [0.3, 0.4) is 0 Å². The lowest BCUT2D eigenvalue weighted by Gasteiger charge is -2.22. The number of rotatable bonds is 5. The Morgan fingerprint density at radius 1 is 1.21 bits per heavy atom. The molecule has 0 atom stereocenters. The van der Waals surface area contributed by atoms with Crippen LogP contribution in [0, 0.1) is 17.1 Å². The third-order valence-corrected chi connectivity index (χ3v) is 4.36. The topological polar surface area (TPSA) is 108 Å². The van der Waals surface area contributed by atoms with Crippen molar-refractivity contribution in [3.05, 3.63) is 91.9 Å². The first kappa shape index (κ1) is 18.9. The highest BCUT2D eigenvalue weighted by atomic mass is 19.1. The highest BCUT2D eigenvalue weighted by Crippen LogP contribution is 2.20. The molecule has 1 aromatic heterocycles. The average molecular weight is 379 g/mol. The first-order valence-electron chi connectivity index (χ1n) is 8.47. The van der Waals surface area contributed by atoms with E-state index in [9.17, 15) is 14.0 Å². The van der Waals surface area contributed by atoms with Gasteiger partial charge in [0.1, 0.15) is 17.3 Å². The monoisotopic (exact) mass is 379 g/mol. The van der Waals surface area contributed by atoms with Gasteiger partial charge in [0, 0.05) is 19.2 Å². The number of nitrogen functional groups attached to an aromatic ring is 1. The summed E-state index contributed by atoms with van der Waals surface area (Å²) in [6.45, 7) is 0.180. The van der Waals surface area contributed by atoms with E-state index >= 15 is 0 Å². The maximum absolute atomic E-state index is 14.1. The molecule has 142 valence electrons. The third-order valence-electron chi connectivity index (χ3n) is 4.36. The fraction of sp³-hybridized carbons (Fsp3) is 0.150. The summed E-state index contributed by atoms with van der Waals surface area (Å²) in [7, 11) is 1.57. The summed E-state index contributed by atoms with van der Waals surface area (Å²) in [5.41, 5.74) is 6.29. The van der Waals surface area contributed by atoms with Crippen LogP contribution in [0.25, 0.3) is 0 Å². The zero-order valence-corrected chi connectivity index (χ0v) is 15.1. The van der Waals surface area contributed by atoms with E-state index in [-0.39, 0.29) is 30.2 Å². The Labute approximate surface area is 160 Å². The lowest BCUT2D eigenvalue weighted by atomic mass is 10.1. The highest BCUT2D eigenvalue weighted by molar-refractivity contribution is 5.62. The lowest BCUT2D eigenvalue weighted by Crippen LogP contribution is -2.37. The van der Waals surface area contributed by atoms with Gasteiger partial charge in [-0.05, 0) is 23.8 Å². The van der Waals surface area contributed by atoms with Crippen LogP contribution in [0.1, 0.15) is 16.7 Å². The molecular formula is C20H18FN5O2. The van der Waals surface area contributed by atoms with Gasteiger partial charge >= 0.3 is 5.69 Å². The van der Waals surface area contributed by atoms with Gasteiger partial charge in [0.15, 0.2) is 0 Å². The smallest absolute Gasteiger partial charge is 0.330 e. The van der Waals surface area contributed by atoms with Gasteiger partial charge in [-0.2, -0.15) is 5.26 Å². The summed E-state index contributed by atoms with van der Waals surface area (Å²) in [6, 6.07) is 15.1. The summed E-state index contributed by atoms with van der Waals surface area (Å²) in [4.78, 5) is 28.3. The fourth-order valence-electron chi connectivity index (χ4n) is 2.97. The summed E-state index contributed by atoms with van der Waals surface area (Å²) in [6.07, 6.45) is 0. The van der Waals surface area contributed by atoms with Crippen molar-refractivity contribution < 1.29 is 4.39 Å². The first-order chi connectivity index (χ1) is 13.4. The Morgan fingerprint density at radius 2 is 1.93 bits per heavy atom. The molecule has 0 bridgehead atoms. The number of anilines is 2. The maximum Gasteiger partial charge on any atom is 0.330 e. The Hall–Kier alpha value is -3.86. The number of nitrogens with two attached hydrogens (primary N) is 1. The standard InChI is InChI=1S/C20H18FN5O2/c1-25(12-15-9-14(10-22)7-8-16(15)21)17-18(23)26(20(28)24-19(17)27)11-13-5-3-2-4-6-13/h2-9H,11-12,23H2,1H3,(H,24,27,28). The number of H-pyrrole nitrogens is 1. The Morgan fingerprint density at radius 3 is 2.61 bits per heavy atom. The van der Waals surface area contributed by atoms with Crippen molar-refractivity contribution in [2.75, 3.05) is 17.7 Å². The van der Waals surface area contributed by atoms with Gasteiger partial charge in [-0.25, -0.2) is 9.18 Å². The molecule has 2 aromatic carbocycles. The number of aromatic amines is 1. The van der Waals surface area contributed by atoms with E-state index in [0.29, 0.717) is 5.56 Å². The molecule has 0 saturated carbocycles. The molecule has 7 nitrogen and oxygen atoms in total. The Balaban J connectivity index is 2.00. The normalized spacial score (nSPS) is 10.5. The quantitative estimate of drug-likeness (QED) is 0.703. The summed E-state index contributed by atoms with van der Waals surface area (Å²) in [5, 5.41) is 9.00. The van der Waals surface area contributed by atoms with Crippen LogP contribution in [0.5, 0.6) is 0 Å². The van der Waals surface area contributed by atoms with Gasteiger partial charge in [0.25, 0.3) is 5.56 Å². The molecule has 28 heavy (non-hydrogen) atoms. The van der Waals surface area contributed by atoms with Crippen molar-refractivity contribution in [3.8, 4) is 6.07 Å². The summed E-state index contributed by atoms with van der Waals surface area (Å²) < 4.78 is 15.4. The molecule has 0 aliphatic heterocycles. The number of hydrogen-bond acceptors (Lipinski definition) is 5. The Bertz CT molecular complexity index is 1160. The molecule has 0 fully saturated rings. The van der Waals surface area contributed by atoms with E-state index in [1.807, 2.05) is 36.4 Å². The van der Waals surface area contributed by atoms with Crippen LogP contribution in [0.15, 0.2) is 58.1 Å². The minimum atomic E-state index is -0.661. The van der Waals surface area contributed by atoms with Crippen molar-refractivity contribution in [3.63, 3.8) is 0 Å². The highest BCUT2D eigenvalue weighted by Gasteiger charge is 2.18. The summed E-state index contributed by atoms with van der Waals surface area (Å²) in [5.74, 6) is -0.518. The lowest BCUT2D eigenvalue weighted by molar-refractivity contribution is 0.607. The van der Waals surface area contributed by atoms with Gasteiger partial charge in [-0.1, -0.05) is 30.3 Å². The van der Waals surface area contributed by atoms with Crippen LogP contribution in [-0.4, -0.2) is 16.6 Å². The van der Waals surface area contributed by atoms with Gasteiger partial charge in [-0.15, -0.1) is 0 Å². The van der Waals surface area contributed by atoms with Crippen molar-refractivity contribution in [2.24, 2.45) is 0 Å². The number of nitrogens with one attached hydrogen (secondary N) is 1. The second kappa shape index (κ2) is 7.80. The zero-order valence-electron chi connectivity index (χ0n) is 15.1. The number of aromatic nitrogens is 2. The number of benzene rings is 2. The van der Waals surface area contributed by atoms with Crippen molar-refractivity contribution in [2.45, 2.75) is 13.1 Å².